The van der Waals surface area contributed by atoms with Gasteiger partial charge in [0.05, 0.1) is 45.0 Å². The standard InChI is InChI=1S/C22H24F3N5O3S/c1-14-18(13-26-30(14)16-8-6-7-15(11-16)22(23,24)25)21(31)27-19-12-17(34(32,33)29(4)5)9-10-20(19)28(2)3/h6-13H,1-5H3,(H,27,31). The summed E-state index contributed by atoms with van der Waals surface area (Å²) < 4.78 is 66.6. The molecule has 0 atom stereocenters. The third kappa shape index (κ3) is 4.92. The molecular formula is C22H24F3N5O3S. The second-order valence-corrected chi connectivity index (χ2v) is 10.1. The van der Waals surface area contributed by atoms with Crippen molar-refractivity contribution in [2.45, 2.75) is 18.0 Å². The van der Waals surface area contributed by atoms with Gasteiger partial charge in [0.25, 0.3) is 5.91 Å². The molecule has 0 aliphatic rings. The predicted octanol–water partition coefficient (Wildman–Crippen LogP) is 3.77. The largest absolute Gasteiger partial charge is 0.416 e. The molecule has 0 aliphatic heterocycles. The molecule has 1 amide bonds. The summed E-state index contributed by atoms with van der Waals surface area (Å²) in [6.07, 6.45) is -3.27. The minimum atomic E-state index is -4.52. The van der Waals surface area contributed by atoms with Gasteiger partial charge in [-0.2, -0.15) is 18.3 Å². The minimum Gasteiger partial charge on any atom is -0.376 e. The number of aromatic nitrogens is 2. The zero-order valence-electron chi connectivity index (χ0n) is 19.2. The molecule has 0 aliphatic carbocycles. The first kappa shape index (κ1) is 25.2. The molecule has 8 nitrogen and oxygen atoms in total. The molecule has 12 heteroatoms. The van der Waals surface area contributed by atoms with Gasteiger partial charge in [-0.15, -0.1) is 0 Å². The van der Waals surface area contributed by atoms with Gasteiger partial charge in [-0.3, -0.25) is 4.79 Å². The van der Waals surface area contributed by atoms with Crippen molar-refractivity contribution in [1.29, 1.82) is 0 Å². The van der Waals surface area contributed by atoms with Crippen LogP contribution in [0, 0.1) is 6.92 Å². The van der Waals surface area contributed by atoms with Crippen LogP contribution >= 0.6 is 0 Å². The zero-order valence-corrected chi connectivity index (χ0v) is 20.0. The summed E-state index contributed by atoms with van der Waals surface area (Å²) in [5.41, 5.74) is 0.585. The van der Waals surface area contributed by atoms with Crippen molar-refractivity contribution in [3.63, 3.8) is 0 Å². The topological polar surface area (TPSA) is 87.5 Å². The molecule has 0 fully saturated rings. The van der Waals surface area contributed by atoms with Crippen LogP contribution in [0.15, 0.2) is 53.6 Å². The average Bonchev–Trinajstić information content (AvgIpc) is 3.14. The molecule has 0 radical (unpaired) electrons. The number of nitrogens with one attached hydrogen (secondary N) is 1. The molecule has 2 aromatic carbocycles. The highest BCUT2D eigenvalue weighted by Crippen LogP contribution is 2.31. The molecule has 34 heavy (non-hydrogen) atoms. The smallest absolute Gasteiger partial charge is 0.376 e. The van der Waals surface area contributed by atoms with Crippen LogP contribution in [0.25, 0.3) is 5.69 Å². The van der Waals surface area contributed by atoms with Gasteiger partial charge < -0.3 is 10.2 Å². The Kier molecular flexibility index (Phi) is 6.76. The van der Waals surface area contributed by atoms with Crippen molar-refractivity contribution in [3.8, 4) is 5.69 Å². The van der Waals surface area contributed by atoms with Crippen molar-refractivity contribution in [3.05, 3.63) is 65.5 Å². The summed E-state index contributed by atoms with van der Waals surface area (Å²) in [7, 11) is 2.54. The maximum absolute atomic E-state index is 13.1. The van der Waals surface area contributed by atoms with Gasteiger partial charge in [0.1, 0.15) is 0 Å². The number of hydrogen-bond acceptors (Lipinski definition) is 5. The van der Waals surface area contributed by atoms with E-state index < -0.39 is 27.7 Å². The molecule has 3 aromatic rings. The molecule has 1 heterocycles. The normalized spacial score (nSPS) is 12.1. The summed E-state index contributed by atoms with van der Waals surface area (Å²) in [6, 6.07) is 8.99. The monoisotopic (exact) mass is 495 g/mol. The highest BCUT2D eigenvalue weighted by molar-refractivity contribution is 7.89. The van der Waals surface area contributed by atoms with Gasteiger partial charge in [0.15, 0.2) is 0 Å². The van der Waals surface area contributed by atoms with Crippen molar-refractivity contribution in [1.82, 2.24) is 14.1 Å². The van der Waals surface area contributed by atoms with Crippen molar-refractivity contribution in [2.75, 3.05) is 38.4 Å². The van der Waals surface area contributed by atoms with E-state index in [4.69, 9.17) is 0 Å². The van der Waals surface area contributed by atoms with Gasteiger partial charge >= 0.3 is 6.18 Å². The lowest BCUT2D eigenvalue weighted by Crippen LogP contribution is -2.23. The van der Waals surface area contributed by atoms with Crippen LogP contribution < -0.4 is 10.2 Å². The highest BCUT2D eigenvalue weighted by Gasteiger charge is 2.31. The van der Waals surface area contributed by atoms with Gasteiger partial charge in [0, 0.05) is 28.2 Å². The molecule has 0 saturated heterocycles. The van der Waals surface area contributed by atoms with E-state index >= 15 is 0 Å². The number of carbonyl (C=O) groups is 1. The van der Waals surface area contributed by atoms with E-state index in [1.807, 2.05) is 0 Å². The van der Waals surface area contributed by atoms with E-state index in [9.17, 15) is 26.4 Å². The van der Waals surface area contributed by atoms with Gasteiger partial charge in [-0.25, -0.2) is 17.4 Å². The van der Waals surface area contributed by atoms with E-state index in [-0.39, 0.29) is 21.8 Å². The SMILES string of the molecule is Cc1c(C(=O)Nc2cc(S(=O)(=O)N(C)C)ccc2N(C)C)cnn1-c1cccc(C(F)(F)F)c1. The number of carbonyl (C=O) groups excluding carboxylic acids is 1. The first-order valence-corrected chi connectivity index (χ1v) is 11.4. The molecule has 0 unspecified atom stereocenters. The number of halogens is 3. The summed E-state index contributed by atoms with van der Waals surface area (Å²) in [4.78, 5) is 14.8. The van der Waals surface area contributed by atoms with E-state index in [0.29, 0.717) is 11.4 Å². The Bertz CT molecular complexity index is 1330. The van der Waals surface area contributed by atoms with Crippen LogP contribution in [-0.4, -0.2) is 56.6 Å². The Morgan fingerprint density at radius 2 is 1.74 bits per heavy atom. The lowest BCUT2D eigenvalue weighted by atomic mass is 10.2. The summed E-state index contributed by atoms with van der Waals surface area (Å²) >= 11 is 0. The second-order valence-electron chi connectivity index (χ2n) is 7.92. The second kappa shape index (κ2) is 9.11. The van der Waals surface area contributed by atoms with Crippen LogP contribution in [-0.2, 0) is 16.2 Å². The molecule has 182 valence electrons. The molecule has 1 aromatic heterocycles. The zero-order chi connectivity index (χ0) is 25.4. The fourth-order valence-corrected chi connectivity index (χ4v) is 4.20. The number of amides is 1. The number of nitrogens with zero attached hydrogens (tertiary/aromatic N) is 4. The van der Waals surface area contributed by atoms with E-state index in [1.165, 1.54) is 49.2 Å². The number of sulfonamides is 1. The minimum absolute atomic E-state index is 0.00483. The van der Waals surface area contributed by atoms with Crippen LogP contribution in [0.3, 0.4) is 0 Å². The van der Waals surface area contributed by atoms with Crippen LogP contribution in [0.2, 0.25) is 0 Å². The number of alkyl halides is 3. The first-order chi connectivity index (χ1) is 15.7. The number of rotatable bonds is 6. The fraction of sp³-hybridized carbons (Fsp3) is 0.273. The number of anilines is 2. The van der Waals surface area contributed by atoms with Gasteiger partial charge in [-0.1, -0.05) is 6.07 Å². The molecule has 0 spiro atoms. The lowest BCUT2D eigenvalue weighted by Gasteiger charge is -2.20. The molecule has 0 saturated carbocycles. The first-order valence-electron chi connectivity index (χ1n) is 10.0. The number of hydrogen-bond donors (Lipinski definition) is 1. The molecular weight excluding hydrogens is 471 g/mol. The molecule has 1 N–H and O–H groups in total. The van der Waals surface area contributed by atoms with Crippen LogP contribution in [0.5, 0.6) is 0 Å². The maximum Gasteiger partial charge on any atom is 0.416 e. The summed E-state index contributed by atoms with van der Waals surface area (Å²) in [5.74, 6) is -0.585. The predicted molar refractivity (Wildman–Crippen MR) is 123 cm³/mol. The van der Waals surface area contributed by atoms with Crippen molar-refractivity contribution < 1.29 is 26.4 Å². The van der Waals surface area contributed by atoms with Gasteiger partial charge in [-0.05, 0) is 43.3 Å². The Hall–Kier alpha value is -3.38. The Balaban J connectivity index is 1.98. The summed E-state index contributed by atoms with van der Waals surface area (Å²) in [5, 5.41) is 6.79. The van der Waals surface area contributed by atoms with E-state index in [0.717, 1.165) is 16.4 Å². The Morgan fingerprint density at radius 1 is 1.06 bits per heavy atom. The third-order valence-electron chi connectivity index (χ3n) is 5.15. The van der Waals surface area contributed by atoms with Crippen molar-refractivity contribution in [2.24, 2.45) is 0 Å². The average molecular weight is 496 g/mol. The Morgan fingerprint density at radius 3 is 2.32 bits per heavy atom. The number of benzene rings is 2. The summed E-state index contributed by atoms with van der Waals surface area (Å²) in [6.45, 7) is 1.56. The molecule has 3 rings (SSSR count). The fourth-order valence-electron chi connectivity index (χ4n) is 3.27. The Labute approximate surface area is 195 Å². The highest BCUT2D eigenvalue weighted by atomic mass is 32.2. The van der Waals surface area contributed by atoms with Crippen molar-refractivity contribution >= 4 is 27.3 Å². The van der Waals surface area contributed by atoms with Gasteiger partial charge in [0.2, 0.25) is 10.0 Å². The van der Waals surface area contributed by atoms with E-state index in [2.05, 4.69) is 10.4 Å². The quantitative estimate of drug-likeness (QED) is 0.563. The third-order valence-corrected chi connectivity index (χ3v) is 6.96. The lowest BCUT2D eigenvalue weighted by molar-refractivity contribution is -0.137. The maximum atomic E-state index is 13.1. The van der Waals surface area contributed by atoms with Crippen LogP contribution in [0.1, 0.15) is 21.6 Å². The molecule has 0 bridgehead atoms. The van der Waals surface area contributed by atoms with E-state index in [1.54, 1.807) is 32.0 Å². The van der Waals surface area contributed by atoms with Crippen LogP contribution in [0.4, 0.5) is 24.5 Å².